The van der Waals surface area contributed by atoms with Gasteiger partial charge in [0.15, 0.2) is 5.58 Å². The molecule has 3 nitrogen and oxygen atoms in total. The molecule has 2 aromatic heterocycles. The predicted molar refractivity (Wildman–Crippen MR) is 117 cm³/mol. The SMILES string of the molecule is Cc1ccc2nc(-c3ccc(-c4cccc5c4oc4ccccc45)cc3)oc2c1. The quantitative estimate of drug-likeness (QED) is 0.317. The van der Waals surface area contributed by atoms with Crippen molar-refractivity contribution >= 4 is 33.0 Å². The number of nitrogens with zero attached hydrogens (tertiary/aromatic N) is 1. The summed E-state index contributed by atoms with van der Waals surface area (Å²) < 4.78 is 12.1. The lowest BCUT2D eigenvalue weighted by Crippen LogP contribution is -1.81. The summed E-state index contributed by atoms with van der Waals surface area (Å²) in [6.07, 6.45) is 0. The number of hydrogen-bond donors (Lipinski definition) is 0. The summed E-state index contributed by atoms with van der Waals surface area (Å²) in [5.74, 6) is 0.638. The molecule has 0 atom stereocenters. The van der Waals surface area contributed by atoms with Crippen LogP contribution in [0.2, 0.25) is 0 Å². The highest BCUT2D eigenvalue weighted by molar-refractivity contribution is 6.09. The molecule has 0 unspecified atom stereocenters. The van der Waals surface area contributed by atoms with E-state index in [0.717, 1.165) is 55.3 Å². The van der Waals surface area contributed by atoms with Gasteiger partial charge in [-0.2, -0.15) is 0 Å². The normalized spacial score (nSPS) is 11.6. The molecule has 0 amide bonds. The van der Waals surface area contributed by atoms with Gasteiger partial charge in [-0.1, -0.05) is 54.6 Å². The second kappa shape index (κ2) is 6.08. The van der Waals surface area contributed by atoms with E-state index in [2.05, 4.69) is 48.3 Å². The van der Waals surface area contributed by atoms with E-state index in [0.29, 0.717) is 5.89 Å². The molecule has 0 bridgehead atoms. The molecule has 0 N–H and O–H groups in total. The Morgan fingerprint density at radius 2 is 1.45 bits per heavy atom. The van der Waals surface area contributed by atoms with Gasteiger partial charge in [-0.05, 0) is 48.4 Å². The van der Waals surface area contributed by atoms with E-state index in [-0.39, 0.29) is 0 Å². The number of furan rings is 1. The van der Waals surface area contributed by atoms with Crippen LogP contribution >= 0.6 is 0 Å². The lowest BCUT2D eigenvalue weighted by Gasteiger charge is -2.04. The van der Waals surface area contributed by atoms with Gasteiger partial charge in [0.05, 0.1) is 0 Å². The number of hydrogen-bond acceptors (Lipinski definition) is 3. The third-order valence-electron chi connectivity index (χ3n) is 5.39. The van der Waals surface area contributed by atoms with Crippen LogP contribution in [0.3, 0.4) is 0 Å². The topological polar surface area (TPSA) is 39.2 Å². The standard InChI is InChI=1S/C26H17NO2/c1-16-9-14-22-24(15-16)29-26(27-22)18-12-10-17(11-13-18)19-6-4-7-21-20-5-2-3-8-23(20)28-25(19)21/h2-15H,1H3. The molecule has 0 aliphatic rings. The van der Waals surface area contributed by atoms with Gasteiger partial charge in [-0.15, -0.1) is 0 Å². The highest BCUT2D eigenvalue weighted by Crippen LogP contribution is 2.36. The van der Waals surface area contributed by atoms with Crippen molar-refractivity contribution < 1.29 is 8.83 Å². The summed E-state index contributed by atoms with van der Waals surface area (Å²) in [7, 11) is 0. The molecule has 29 heavy (non-hydrogen) atoms. The average Bonchev–Trinajstić information content (AvgIpc) is 3.35. The molecule has 0 saturated carbocycles. The Balaban J connectivity index is 1.45. The van der Waals surface area contributed by atoms with Crippen LogP contribution in [0.5, 0.6) is 0 Å². The van der Waals surface area contributed by atoms with Crippen molar-refractivity contribution in [3.63, 3.8) is 0 Å². The molecule has 0 aliphatic heterocycles. The molecule has 4 aromatic carbocycles. The molecule has 0 saturated heterocycles. The Kier molecular flexibility index (Phi) is 3.38. The van der Waals surface area contributed by atoms with E-state index < -0.39 is 0 Å². The fraction of sp³-hybridized carbons (Fsp3) is 0.0385. The minimum Gasteiger partial charge on any atom is -0.455 e. The van der Waals surface area contributed by atoms with E-state index in [9.17, 15) is 0 Å². The summed E-state index contributed by atoms with van der Waals surface area (Å²) in [4.78, 5) is 4.62. The Morgan fingerprint density at radius 3 is 2.34 bits per heavy atom. The highest BCUT2D eigenvalue weighted by atomic mass is 16.3. The summed E-state index contributed by atoms with van der Waals surface area (Å²) in [5, 5.41) is 2.28. The van der Waals surface area contributed by atoms with Crippen LogP contribution in [0.15, 0.2) is 93.8 Å². The average molecular weight is 375 g/mol. The van der Waals surface area contributed by atoms with Crippen LogP contribution in [0, 0.1) is 6.92 Å². The Bertz CT molecular complexity index is 1500. The van der Waals surface area contributed by atoms with Crippen molar-refractivity contribution in [2.45, 2.75) is 6.92 Å². The molecular weight excluding hydrogens is 358 g/mol. The van der Waals surface area contributed by atoms with Gasteiger partial charge >= 0.3 is 0 Å². The number of oxazole rings is 1. The van der Waals surface area contributed by atoms with Gasteiger partial charge in [0.1, 0.15) is 16.7 Å². The van der Waals surface area contributed by atoms with E-state index in [1.807, 2.05) is 48.5 Å². The minimum atomic E-state index is 0.638. The maximum Gasteiger partial charge on any atom is 0.227 e. The predicted octanol–water partition coefficient (Wildman–Crippen LogP) is 7.37. The molecule has 3 heteroatoms. The molecular formula is C26H17NO2. The second-order valence-corrected chi connectivity index (χ2v) is 7.35. The third-order valence-corrected chi connectivity index (χ3v) is 5.39. The van der Waals surface area contributed by atoms with Gasteiger partial charge in [0, 0.05) is 21.9 Å². The molecule has 6 aromatic rings. The molecule has 0 fully saturated rings. The number of aryl methyl sites for hydroxylation is 1. The van der Waals surface area contributed by atoms with Crippen molar-refractivity contribution in [3.8, 4) is 22.6 Å². The minimum absolute atomic E-state index is 0.638. The largest absolute Gasteiger partial charge is 0.455 e. The fourth-order valence-corrected chi connectivity index (χ4v) is 3.92. The number of rotatable bonds is 2. The van der Waals surface area contributed by atoms with Crippen molar-refractivity contribution in [2.75, 3.05) is 0 Å². The smallest absolute Gasteiger partial charge is 0.227 e. The first-order valence-corrected chi connectivity index (χ1v) is 9.64. The van der Waals surface area contributed by atoms with E-state index in [1.165, 1.54) is 0 Å². The van der Waals surface area contributed by atoms with Gasteiger partial charge in [-0.3, -0.25) is 0 Å². The molecule has 0 spiro atoms. The van der Waals surface area contributed by atoms with Crippen LogP contribution in [0.25, 0.3) is 55.6 Å². The summed E-state index contributed by atoms with van der Waals surface area (Å²) >= 11 is 0. The Hall–Kier alpha value is -3.85. The zero-order valence-electron chi connectivity index (χ0n) is 15.8. The lowest BCUT2D eigenvalue weighted by molar-refractivity contribution is 0.619. The van der Waals surface area contributed by atoms with Crippen LogP contribution in [-0.4, -0.2) is 4.98 Å². The molecule has 6 rings (SSSR count). The first-order chi connectivity index (χ1) is 14.3. The van der Waals surface area contributed by atoms with Crippen molar-refractivity contribution in [3.05, 3.63) is 90.5 Å². The molecule has 0 radical (unpaired) electrons. The lowest BCUT2D eigenvalue weighted by atomic mass is 10.0. The molecule has 138 valence electrons. The highest BCUT2D eigenvalue weighted by Gasteiger charge is 2.13. The van der Waals surface area contributed by atoms with Crippen LogP contribution < -0.4 is 0 Å². The van der Waals surface area contributed by atoms with Crippen LogP contribution in [-0.2, 0) is 0 Å². The van der Waals surface area contributed by atoms with Crippen LogP contribution in [0.4, 0.5) is 0 Å². The van der Waals surface area contributed by atoms with Crippen LogP contribution in [0.1, 0.15) is 5.56 Å². The monoisotopic (exact) mass is 375 g/mol. The Labute approximate surface area is 167 Å². The zero-order chi connectivity index (χ0) is 19.4. The first-order valence-electron chi connectivity index (χ1n) is 9.64. The number of benzene rings is 4. The Morgan fingerprint density at radius 1 is 0.655 bits per heavy atom. The fourth-order valence-electron chi connectivity index (χ4n) is 3.92. The number of para-hydroxylation sites is 2. The second-order valence-electron chi connectivity index (χ2n) is 7.35. The van der Waals surface area contributed by atoms with E-state index in [4.69, 9.17) is 8.83 Å². The molecule has 2 heterocycles. The summed E-state index contributed by atoms with van der Waals surface area (Å²) in [6.45, 7) is 2.05. The number of fused-ring (bicyclic) bond motifs is 4. The van der Waals surface area contributed by atoms with Crippen molar-refractivity contribution in [2.24, 2.45) is 0 Å². The van der Waals surface area contributed by atoms with E-state index in [1.54, 1.807) is 0 Å². The van der Waals surface area contributed by atoms with E-state index >= 15 is 0 Å². The maximum atomic E-state index is 6.17. The molecule has 0 aliphatic carbocycles. The van der Waals surface area contributed by atoms with Gasteiger partial charge in [0.25, 0.3) is 0 Å². The van der Waals surface area contributed by atoms with Crippen molar-refractivity contribution in [1.29, 1.82) is 0 Å². The number of aromatic nitrogens is 1. The van der Waals surface area contributed by atoms with Gasteiger partial charge < -0.3 is 8.83 Å². The maximum absolute atomic E-state index is 6.17. The zero-order valence-corrected chi connectivity index (χ0v) is 15.8. The summed E-state index contributed by atoms with van der Waals surface area (Å²) in [6, 6.07) is 28.8. The van der Waals surface area contributed by atoms with Gasteiger partial charge in [0.2, 0.25) is 5.89 Å². The first kappa shape index (κ1) is 16.1. The third kappa shape index (κ3) is 2.55. The van der Waals surface area contributed by atoms with Crippen molar-refractivity contribution in [1.82, 2.24) is 4.98 Å². The van der Waals surface area contributed by atoms with Gasteiger partial charge in [-0.25, -0.2) is 4.98 Å². The summed E-state index contributed by atoms with van der Waals surface area (Å²) in [5.41, 5.74) is 7.82.